The molecule has 0 N–H and O–H groups in total. The first-order valence-corrected chi connectivity index (χ1v) is 12.6. The van der Waals surface area contributed by atoms with E-state index in [1.54, 1.807) is 26.2 Å². The lowest BCUT2D eigenvalue weighted by Gasteiger charge is -2.09. The number of hydrogen-bond donors (Lipinski definition) is 0. The molecule has 0 aliphatic rings. The number of aromatic nitrogens is 2. The van der Waals surface area contributed by atoms with Gasteiger partial charge in [-0.25, -0.2) is 9.97 Å². The maximum atomic E-state index is 11.1. The molecule has 2 aromatic carbocycles. The molecule has 5 heteroatoms. The molecule has 3 rings (SSSR count). The van der Waals surface area contributed by atoms with Crippen LogP contribution in [-0.4, -0.2) is 21.5 Å². The quantitative estimate of drug-likeness (QED) is 0.255. The van der Waals surface area contributed by atoms with Crippen LogP contribution in [0, 0.1) is 36.0 Å². The van der Waals surface area contributed by atoms with Crippen molar-refractivity contribution >= 4 is 23.2 Å². The highest BCUT2D eigenvalue weighted by atomic mass is 35.5. The topological polar surface area (TPSA) is 59.9 Å². The van der Waals surface area contributed by atoms with Crippen LogP contribution in [0.5, 0.6) is 0 Å². The first kappa shape index (κ1) is 29.5. The first-order valence-electron chi connectivity index (χ1n) is 12.3. The van der Waals surface area contributed by atoms with Gasteiger partial charge < -0.3 is 9.59 Å². The van der Waals surface area contributed by atoms with Crippen molar-refractivity contribution in [3.8, 4) is 24.2 Å². The van der Waals surface area contributed by atoms with E-state index in [9.17, 15) is 9.59 Å². The van der Waals surface area contributed by atoms with E-state index in [-0.39, 0.29) is 16.9 Å². The number of benzene rings is 2. The Kier molecular flexibility index (Phi) is 12.3. The van der Waals surface area contributed by atoms with E-state index in [1.807, 2.05) is 36.4 Å². The third-order valence-corrected chi connectivity index (χ3v) is 5.68. The Labute approximate surface area is 225 Å². The highest BCUT2D eigenvalue weighted by Crippen LogP contribution is 2.14. The third kappa shape index (κ3) is 12.2. The molecular formula is C32H33ClN2O2. The zero-order valence-corrected chi connectivity index (χ0v) is 22.7. The molecule has 0 aliphatic carbocycles. The summed E-state index contributed by atoms with van der Waals surface area (Å²) in [5.74, 6) is 9.90. The number of halogens is 1. The molecule has 0 spiro atoms. The molecule has 0 saturated heterocycles. The van der Waals surface area contributed by atoms with E-state index in [4.69, 9.17) is 18.0 Å². The molecule has 3 aromatic rings. The van der Waals surface area contributed by atoms with E-state index in [0.29, 0.717) is 24.7 Å². The maximum Gasteiger partial charge on any atom is 0.222 e. The Morgan fingerprint density at radius 1 is 0.757 bits per heavy atom. The van der Waals surface area contributed by atoms with Gasteiger partial charge in [0.25, 0.3) is 0 Å². The van der Waals surface area contributed by atoms with Crippen molar-refractivity contribution in [3.05, 3.63) is 94.0 Å². The molecule has 0 aliphatic heterocycles. The van der Waals surface area contributed by atoms with Gasteiger partial charge in [0.15, 0.2) is 0 Å². The van der Waals surface area contributed by atoms with Crippen LogP contribution in [0.15, 0.2) is 60.9 Å². The van der Waals surface area contributed by atoms with Crippen LogP contribution in [0.4, 0.5) is 0 Å². The Hall–Kier alpha value is -3.73. The lowest BCUT2D eigenvalue weighted by Crippen LogP contribution is -2.04. The van der Waals surface area contributed by atoms with Crippen molar-refractivity contribution in [2.45, 2.75) is 53.4 Å². The molecule has 2 unspecified atom stereocenters. The average Bonchev–Trinajstić information content (AvgIpc) is 2.84. The van der Waals surface area contributed by atoms with Crippen molar-refractivity contribution in [3.63, 3.8) is 0 Å². The molecule has 4 nitrogen and oxygen atoms in total. The van der Waals surface area contributed by atoms with Gasteiger partial charge >= 0.3 is 0 Å². The zero-order valence-electron chi connectivity index (χ0n) is 21.9. The van der Waals surface area contributed by atoms with Gasteiger partial charge in [-0.1, -0.05) is 55.9 Å². The second kappa shape index (κ2) is 15.4. The van der Waals surface area contributed by atoms with Crippen LogP contribution in [0.2, 0.25) is 5.28 Å². The van der Waals surface area contributed by atoms with E-state index in [1.165, 1.54) is 11.1 Å². The number of Topliss-reactive ketones (excluding diaryl/α,β-unsaturated/α-hetero) is 2. The summed E-state index contributed by atoms with van der Waals surface area (Å²) in [5.41, 5.74) is 5.01. The second-order valence-corrected chi connectivity index (χ2v) is 9.80. The SMILES string of the molecule is C#Cc1ccc(CC(C)CC(C)=O)cc1.CC(=O)CC(C)Cc1ccc(C#Cc2cnc(Cl)nc2)cc1. The van der Waals surface area contributed by atoms with Gasteiger partial charge in [0, 0.05) is 36.4 Å². The summed E-state index contributed by atoms with van der Waals surface area (Å²) in [6.45, 7) is 7.46. The van der Waals surface area contributed by atoms with E-state index in [2.05, 4.69) is 53.7 Å². The van der Waals surface area contributed by atoms with Crippen LogP contribution < -0.4 is 0 Å². The summed E-state index contributed by atoms with van der Waals surface area (Å²) >= 11 is 5.63. The van der Waals surface area contributed by atoms with E-state index >= 15 is 0 Å². The summed E-state index contributed by atoms with van der Waals surface area (Å²) in [5, 5.41) is 0.217. The zero-order chi connectivity index (χ0) is 27.2. The molecule has 37 heavy (non-hydrogen) atoms. The fourth-order valence-electron chi connectivity index (χ4n) is 3.91. The standard InChI is InChI=1S/C18H17ClN2O.C14H16O/c1-13(9-14(2)22)10-16-6-3-15(4-7-16)5-8-17-11-20-18(19)21-12-17;1-4-13-5-7-14(8-6-13)10-11(2)9-12(3)15/h3-4,6-7,11-13H,9-10H2,1-2H3;1,5-8,11H,9-10H2,2-3H3. The molecule has 0 bridgehead atoms. The smallest absolute Gasteiger partial charge is 0.222 e. The van der Waals surface area contributed by atoms with Gasteiger partial charge in [-0.2, -0.15) is 0 Å². The fraction of sp³-hybridized carbons (Fsp3) is 0.312. The number of hydrogen-bond acceptors (Lipinski definition) is 4. The largest absolute Gasteiger partial charge is 0.300 e. The molecule has 1 aromatic heterocycles. The normalized spacial score (nSPS) is 11.6. The van der Waals surface area contributed by atoms with Crippen LogP contribution in [-0.2, 0) is 22.4 Å². The Bertz CT molecular complexity index is 1260. The molecule has 0 radical (unpaired) electrons. The van der Waals surface area contributed by atoms with Crippen LogP contribution in [0.1, 0.15) is 68.4 Å². The first-order chi connectivity index (χ1) is 17.6. The van der Waals surface area contributed by atoms with Gasteiger partial charge in [0.05, 0.1) is 5.56 Å². The molecule has 190 valence electrons. The Morgan fingerprint density at radius 2 is 1.16 bits per heavy atom. The third-order valence-electron chi connectivity index (χ3n) is 5.49. The van der Waals surface area contributed by atoms with Crippen molar-refractivity contribution in [2.24, 2.45) is 11.8 Å². The van der Waals surface area contributed by atoms with Crippen LogP contribution in [0.25, 0.3) is 0 Å². The highest BCUT2D eigenvalue weighted by Gasteiger charge is 2.07. The maximum absolute atomic E-state index is 11.1. The molecule has 0 amide bonds. The summed E-state index contributed by atoms with van der Waals surface area (Å²) < 4.78 is 0. The second-order valence-electron chi connectivity index (χ2n) is 9.46. The monoisotopic (exact) mass is 512 g/mol. The fourth-order valence-corrected chi connectivity index (χ4v) is 4.01. The van der Waals surface area contributed by atoms with Crippen LogP contribution in [0.3, 0.4) is 0 Å². The Morgan fingerprint density at radius 3 is 1.57 bits per heavy atom. The number of carbonyl (C=O) groups excluding carboxylic acids is 2. The van der Waals surface area contributed by atoms with Gasteiger partial charge in [0.1, 0.15) is 11.6 Å². The van der Waals surface area contributed by atoms with Gasteiger partial charge in [0.2, 0.25) is 5.28 Å². The molecule has 2 atom stereocenters. The molecule has 0 fully saturated rings. The van der Waals surface area contributed by atoms with Crippen molar-refractivity contribution < 1.29 is 9.59 Å². The minimum absolute atomic E-state index is 0.217. The minimum Gasteiger partial charge on any atom is -0.300 e. The molecule has 1 heterocycles. The van der Waals surface area contributed by atoms with Crippen molar-refractivity contribution in [1.82, 2.24) is 9.97 Å². The summed E-state index contributed by atoms with van der Waals surface area (Å²) in [6.07, 6.45) is 11.6. The Balaban J connectivity index is 0.000000281. The number of carbonyl (C=O) groups is 2. The van der Waals surface area contributed by atoms with Gasteiger partial charge in [-0.15, -0.1) is 6.42 Å². The average molecular weight is 513 g/mol. The van der Waals surface area contributed by atoms with E-state index < -0.39 is 0 Å². The summed E-state index contributed by atoms with van der Waals surface area (Å²) in [6, 6.07) is 16.0. The van der Waals surface area contributed by atoms with Crippen LogP contribution >= 0.6 is 11.6 Å². The molecule has 0 saturated carbocycles. The summed E-state index contributed by atoms with van der Waals surface area (Å²) in [7, 11) is 0. The predicted molar refractivity (Wildman–Crippen MR) is 150 cm³/mol. The lowest BCUT2D eigenvalue weighted by molar-refractivity contribution is -0.118. The summed E-state index contributed by atoms with van der Waals surface area (Å²) in [4.78, 5) is 29.8. The minimum atomic E-state index is 0.217. The van der Waals surface area contributed by atoms with Crippen molar-refractivity contribution in [2.75, 3.05) is 0 Å². The van der Waals surface area contributed by atoms with E-state index in [0.717, 1.165) is 29.5 Å². The highest BCUT2D eigenvalue weighted by molar-refractivity contribution is 6.28. The number of ketones is 2. The number of nitrogens with zero attached hydrogens (tertiary/aromatic N) is 2. The predicted octanol–water partition coefficient (Wildman–Crippen LogP) is 6.51. The van der Waals surface area contributed by atoms with Gasteiger partial charge in [-0.3, -0.25) is 0 Å². The number of rotatable bonds is 8. The number of terminal acetylenes is 1. The molecular weight excluding hydrogens is 480 g/mol. The van der Waals surface area contributed by atoms with Gasteiger partial charge in [-0.05, 0) is 85.5 Å². The van der Waals surface area contributed by atoms with Crippen molar-refractivity contribution in [1.29, 1.82) is 0 Å². The lowest BCUT2D eigenvalue weighted by atomic mass is 9.96.